The van der Waals surface area contributed by atoms with Crippen LogP contribution in [0.4, 0.5) is 0 Å². The van der Waals surface area contributed by atoms with Gasteiger partial charge in [0.05, 0.1) is 25.4 Å². The molecule has 0 spiro atoms. The Balaban J connectivity index is 1.95. The number of hydrogen-bond donors (Lipinski definition) is 0. The van der Waals surface area contributed by atoms with Crippen LogP contribution < -0.4 is 4.74 Å². The second kappa shape index (κ2) is 5.60. The van der Waals surface area contributed by atoms with Crippen molar-refractivity contribution in [1.29, 1.82) is 0 Å². The van der Waals surface area contributed by atoms with E-state index in [1.807, 2.05) is 48.0 Å². The second-order valence-electron chi connectivity index (χ2n) is 5.22. The third-order valence-corrected chi connectivity index (χ3v) is 3.81. The smallest absolute Gasteiger partial charge is 0.270 e. The number of benzene rings is 1. The van der Waals surface area contributed by atoms with Crippen molar-refractivity contribution in [3.63, 3.8) is 0 Å². The summed E-state index contributed by atoms with van der Waals surface area (Å²) < 4.78 is 12.6. The monoisotopic (exact) mass is 298 g/mol. The Morgan fingerprint density at radius 1 is 1.32 bits per heavy atom. The standard InChI is InChI=1S/C17H18N2O3/c1-18(11-12-6-5-9-22-12)17(20)15-10-13-14(19(15)2)7-4-8-16(13)21-3/h4-10H,11H2,1-3H3. The topological polar surface area (TPSA) is 47.6 Å². The predicted molar refractivity (Wildman–Crippen MR) is 84.0 cm³/mol. The van der Waals surface area contributed by atoms with E-state index < -0.39 is 0 Å². The number of amides is 1. The molecule has 3 aromatic rings. The molecular weight excluding hydrogens is 280 g/mol. The Kier molecular flexibility index (Phi) is 3.63. The van der Waals surface area contributed by atoms with Gasteiger partial charge in [-0.1, -0.05) is 6.07 Å². The number of hydrogen-bond acceptors (Lipinski definition) is 3. The van der Waals surface area contributed by atoms with Gasteiger partial charge in [0, 0.05) is 19.5 Å². The lowest BCUT2D eigenvalue weighted by molar-refractivity contribution is 0.0766. The van der Waals surface area contributed by atoms with Crippen molar-refractivity contribution in [2.45, 2.75) is 6.54 Å². The Labute approximate surface area is 128 Å². The van der Waals surface area contributed by atoms with Gasteiger partial charge < -0.3 is 18.6 Å². The van der Waals surface area contributed by atoms with Crippen molar-refractivity contribution in [2.24, 2.45) is 7.05 Å². The SMILES string of the molecule is COc1cccc2c1cc(C(=O)N(C)Cc1ccco1)n2C. The van der Waals surface area contributed by atoms with Gasteiger partial charge in [-0.05, 0) is 30.3 Å². The van der Waals surface area contributed by atoms with Crippen LogP contribution in [0.15, 0.2) is 47.1 Å². The van der Waals surface area contributed by atoms with Crippen molar-refractivity contribution in [3.8, 4) is 5.75 Å². The van der Waals surface area contributed by atoms with Gasteiger partial charge >= 0.3 is 0 Å². The molecule has 1 aromatic carbocycles. The van der Waals surface area contributed by atoms with Gasteiger partial charge in [0.1, 0.15) is 17.2 Å². The maximum atomic E-state index is 12.7. The molecule has 22 heavy (non-hydrogen) atoms. The number of fused-ring (bicyclic) bond motifs is 1. The summed E-state index contributed by atoms with van der Waals surface area (Å²) in [7, 11) is 5.28. The molecule has 0 unspecified atom stereocenters. The van der Waals surface area contributed by atoms with E-state index in [9.17, 15) is 4.79 Å². The molecular formula is C17H18N2O3. The van der Waals surface area contributed by atoms with Crippen molar-refractivity contribution < 1.29 is 13.9 Å². The van der Waals surface area contributed by atoms with Crippen molar-refractivity contribution in [3.05, 3.63) is 54.1 Å². The highest BCUT2D eigenvalue weighted by Gasteiger charge is 2.19. The Bertz CT molecular complexity index is 803. The first kappa shape index (κ1) is 14.3. The zero-order valence-electron chi connectivity index (χ0n) is 12.9. The lowest BCUT2D eigenvalue weighted by Gasteiger charge is -2.16. The van der Waals surface area contributed by atoms with Gasteiger partial charge in [-0.25, -0.2) is 0 Å². The number of ether oxygens (including phenoxy) is 1. The van der Waals surface area contributed by atoms with Crippen molar-refractivity contribution >= 4 is 16.8 Å². The van der Waals surface area contributed by atoms with E-state index in [1.54, 1.807) is 25.3 Å². The summed E-state index contributed by atoms with van der Waals surface area (Å²) in [4.78, 5) is 14.3. The van der Waals surface area contributed by atoms with E-state index in [0.29, 0.717) is 12.2 Å². The average Bonchev–Trinajstić information content (AvgIpc) is 3.14. The van der Waals surface area contributed by atoms with E-state index in [0.717, 1.165) is 22.4 Å². The molecule has 5 nitrogen and oxygen atoms in total. The first-order chi connectivity index (χ1) is 10.6. The first-order valence-corrected chi connectivity index (χ1v) is 7.02. The molecule has 0 atom stereocenters. The molecule has 0 aliphatic rings. The summed E-state index contributed by atoms with van der Waals surface area (Å²) >= 11 is 0. The lowest BCUT2D eigenvalue weighted by Crippen LogP contribution is -2.27. The molecule has 0 radical (unpaired) electrons. The number of furan rings is 1. The molecule has 0 bridgehead atoms. The van der Waals surface area contributed by atoms with Crippen LogP contribution in [-0.2, 0) is 13.6 Å². The highest BCUT2D eigenvalue weighted by molar-refractivity contribution is 6.00. The number of rotatable bonds is 4. The molecule has 2 heterocycles. The third kappa shape index (κ3) is 2.35. The lowest BCUT2D eigenvalue weighted by atomic mass is 10.2. The summed E-state index contributed by atoms with van der Waals surface area (Å²) in [6.07, 6.45) is 1.61. The van der Waals surface area contributed by atoms with Crippen LogP contribution in [0.3, 0.4) is 0 Å². The summed E-state index contributed by atoms with van der Waals surface area (Å²) in [6.45, 7) is 0.435. The molecule has 0 aliphatic heterocycles. The molecule has 114 valence electrons. The summed E-state index contributed by atoms with van der Waals surface area (Å²) in [5.41, 5.74) is 1.59. The van der Waals surface area contributed by atoms with Gasteiger partial charge in [0.25, 0.3) is 5.91 Å². The second-order valence-corrected chi connectivity index (χ2v) is 5.22. The highest BCUT2D eigenvalue weighted by atomic mass is 16.5. The maximum absolute atomic E-state index is 12.7. The molecule has 2 aromatic heterocycles. The van der Waals surface area contributed by atoms with E-state index in [1.165, 1.54) is 0 Å². The van der Waals surface area contributed by atoms with Gasteiger partial charge in [-0.15, -0.1) is 0 Å². The largest absolute Gasteiger partial charge is 0.496 e. The summed E-state index contributed by atoms with van der Waals surface area (Å²) in [6, 6.07) is 11.3. The third-order valence-electron chi connectivity index (χ3n) is 3.81. The van der Waals surface area contributed by atoms with Crippen LogP contribution in [-0.4, -0.2) is 29.5 Å². The number of carbonyl (C=O) groups excluding carboxylic acids is 1. The molecule has 1 amide bonds. The zero-order valence-corrected chi connectivity index (χ0v) is 12.9. The van der Waals surface area contributed by atoms with Gasteiger partial charge in [0.2, 0.25) is 0 Å². The molecule has 0 aliphatic carbocycles. The van der Waals surface area contributed by atoms with Crippen molar-refractivity contribution in [1.82, 2.24) is 9.47 Å². The molecule has 0 saturated heterocycles. The fourth-order valence-electron chi connectivity index (χ4n) is 2.62. The quantitative estimate of drug-likeness (QED) is 0.744. The van der Waals surface area contributed by atoms with E-state index in [4.69, 9.17) is 9.15 Å². The Morgan fingerprint density at radius 2 is 2.14 bits per heavy atom. The first-order valence-electron chi connectivity index (χ1n) is 7.02. The van der Waals surface area contributed by atoms with Crippen LogP contribution in [0.1, 0.15) is 16.2 Å². The molecule has 3 rings (SSSR count). The maximum Gasteiger partial charge on any atom is 0.270 e. The number of carbonyl (C=O) groups is 1. The van der Waals surface area contributed by atoms with Crippen LogP contribution >= 0.6 is 0 Å². The van der Waals surface area contributed by atoms with Crippen LogP contribution in [0.2, 0.25) is 0 Å². The summed E-state index contributed by atoms with van der Waals surface area (Å²) in [5.74, 6) is 1.46. The highest BCUT2D eigenvalue weighted by Crippen LogP contribution is 2.28. The Morgan fingerprint density at radius 3 is 2.82 bits per heavy atom. The fraction of sp³-hybridized carbons (Fsp3) is 0.235. The molecule has 0 saturated carbocycles. The Hall–Kier alpha value is -2.69. The van der Waals surface area contributed by atoms with Crippen LogP contribution in [0, 0.1) is 0 Å². The number of aromatic nitrogens is 1. The van der Waals surface area contributed by atoms with Gasteiger partial charge in [-0.3, -0.25) is 4.79 Å². The number of nitrogens with zero attached hydrogens (tertiary/aromatic N) is 2. The van der Waals surface area contributed by atoms with Crippen LogP contribution in [0.25, 0.3) is 10.9 Å². The predicted octanol–water partition coefficient (Wildman–Crippen LogP) is 3.05. The number of methoxy groups -OCH3 is 1. The normalized spacial score (nSPS) is 10.9. The van der Waals surface area contributed by atoms with Crippen molar-refractivity contribution in [2.75, 3.05) is 14.2 Å². The minimum atomic E-state index is -0.0582. The van der Waals surface area contributed by atoms with E-state index in [-0.39, 0.29) is 5.91 Å². The average molecular weight is 298 g/mol. The fourth-order valence-corrected chi connectivity index (χ4v) is 2.62. The van der Waals surface area contributed by atoms with E-state index >= 15 is 0 Å². The van der Waals surface area contributed by atoms with E-state index in [2.05, 4.69) is 0 Å². The number of aryl methyl sites for hydroxylation is 1. The molecule has 0 N–H and O–H groups in total. The summed E-state index contributed by atoms with van der Waals surface area (Å²) in [5, 5.41) is 0.933. The van der Waals surface area contributed by atoms with Crippen LogP contribution in [0.5, 0.6) is 5.75 Å². The minimum absolute atomic E-state index is 0.0582. The van der Waals surface area contributed by atoms with Gasteiger partial charge in [-0.2, -0.15) is 0 Å². The zero-order chi connectivity index (χ0) is 15.7. The molecule has 0 fully saturated rings. The van der Waals surface area contributed by atoms with Gasteiger partial charge in [0.15, 0.2) is 0 Å². The molecule has 5 heteroatoms. The minimum Gasteiger partial charge on any atom is -0.496 e.